The molecule has 350 valence electrons. The third kappa shape index (κ3) is 8.25. The second-order valence-corrected chi connectivity index (χ2v) is 17.8. The fraction of sp³-hybridized carbons (Fsp3) is 0. The summed E-state index contributed by atoms with van der Waals surface area (Å²) in [6.07, 6.45) is 0. The van der Waals surface area contributed by atoms with Crippen molar-refractivity contribution >= 4 is 21.8 Å². The molecule has 11 nitrogen and oxygen atoms in total. The number of nitrogens with zero attached hydrogens (tertiary/aromatic N) is 11. The molecule has 0 bridgehead atoms. The topological polar surface area (TPSA) is 221 Å². The Morgan fingerprint density at radius 1 is 0.299 bits per heavy atom. The van der Waals surface area contributed by atoms with Crippen molar-refractivity contribution in [3.63, 3.8) is 0 Å². The van der Waals surface area contributed by atoms with Gasteiger partial charge in [0.25, 0.3) is 0 Å². The monoisotopic (exact) mass is 977 g/mol. The molecule has 11 aromatic rings. The van der Waals surface area contributed by atoms with Crippen molar-refractivity contribution in [1.82, 2.24) is 14.5 Å². The lowest BCUT2D eigenvalue weighted by molar-refractivity contribution is 1.17. The molecular weight excluding hydrogens is 947 g/mol. The SMILES string of the molecule is N#Cc1cc(C#N)c(-c2ccc3c(c2)c2cc(-c4c(C#N)cc(C#N)cc4C#N)ccc2n3-c2c(-c3ccccc3C#N)cc(-c3cc(-c4ccccc4)nc(-c4ccccc4)n3)cc2-c2ccccc2C#N)c(C#N)c1. The van der Waals surface area contributed by atoms with Gasteiger partial charge in [0.2, 0.25) is 0 Å². The third-order valence-electron chi connectivity index (χ3n) is 13.5. The van der Waals surface area contributed by atoms with E-state index >= 15 is 0 Å². The first-order chi connectivity index (χ1) is 37.8. The number of benzene rings is 9. The Balaban J connectivity index is 1.31. The molecule has 0 N–H and O–H groups in total. The number of fused-ring (bicyclic) bond motifs is 3. The van der Waals surface area contributed by atoms with Gasteiger partial charge in [0.1, 0.15) is 0 Å². The molecule has 0 spiro atoms. The maximum atomic E-state index is 10.9. The molecule has 0 aliphatic rings. The summed E-state index contributed by atoms with van der Waals surface area (Å²) in [5.74, 6) is 0.487. The lowest BCUT2D eigenvalue weighted by atomic mass is 9.88. The predicted molar refractivity (Wildman–Crippen MR) is 292 cm³/mol. The van der Waals surface area contributed by atoms with Crippen molar-refractivity contribution in [3.05, 3.63) is 233 Å². The van der Waals surface area contributed by atoms with E-state index in [1.807, 2.05) is 140 Å². The van der Waals surface area contributed by atoms with Gasteiger partial charge in [-0.15, -0.1) is 0 Å². The van der Waals surface area contributed by atoms with Gasteiger partial charge in [-0.05, 0) is 90.0 Å². The first-order valence-corrected chi connectivity index (χ1v) is 23.8. The molecule has 2 aromatic heterocycles. The quantitative estimate of drug-likeness (QED) is 0.140. The van der Waals surface area contributed by atoms with Gasteiger partial charge in [-0.25, -0.2) is 9.97 Å². The van der Waals surface area contributed by atoms with Gasteiger partial charge in [-0.2, -0.15) is 42.1 Å². The number of aromatic nitrogens is 3. The van der Waals surface area contributed by atoms with Crippen LogP contribution in [0.4, 0.5) is 0 Å². The van der Waals surface area contributed by atoms with E-state index in [4.69, 9.17) is 9.97 Å². The van der Waals surface area contributed by atoms with Crippen LogP contribution in [0.1, 0.15) is 44.5 Å². The zero-order chi connectivity index (χ0) is 53.2. The Hall–Kier alpha value is -12.2. The molecule has 0 amide bonds. The Morgan fingerprint density at radius 2 is 0.688 bits per heavy atom. The Morgan fingerprint density at radius 3 is 1.10 bits per heavy atom. The van der Waals surface area contributed by atoms with Crippen LogP contribution in [0.2, 0.25) is 0 Å². The van der Waals surface area contributed by atoms with E-state index in [1.165, 1.54) is 24.3 Å². The van der Waals surface area contributed by atoms with E-state index < -0.39 is 0 Å². The van der Waals surface area contributed by atoms with Gasteiger partial charge < -0.3 is 4.57 Å². The van der Waals surface area contributed by atoms with Crippen LogP contribution >= 0.6 is 0 Å². The number of hydrogen-bond acceptors (Lipinski definition) is 10. The van der Waals surface area contributed by atoms with Gasteiger partial charge in [-0.1, -0.05) is 109 Å². The number of rotatable bonds is 8. The van der Waals surface area contributed by atoms with Crippen molar-refractivity contribution < 1.29 is 0 Å². The summed E-state index contributed by atoms with van der Waals surface area (Å²) in [6.45, 7) is 0. The minimum absolute atomic E-state index is 0.122. The summed E-state index contributed by atoms with van der Waals surface area (Å²) in [5.41, 5.74) is 11.0. The van der Waals surface area contributed by atoms with Crippen LogP contribution < -0.4 is 0 Å². The Bertz CT molecular complexity index is 4310. The number of nitriles is 8. The van der Waals surface area contributed by atoms with Crippen LogP contribution in [0, 0.1) is 90.6 Å². The van der Waals surface area contributed by atoms with Crippen LogP contribution in [0.25, 0.3) is 106 Å². The molecule has 9 aromatic carbocycles. The lowest BCUT2D eigenvalue weighted by Gasteiger charge is -2.22. The normalized spacial score (nSPS) is 10.5. The van der Waals surface area contributed by atoms with Gasteiger partial charge in [0, 0.05) is 60.8 Å². The predicted octanol–water partition coefficient (Wildman–Crippen LogP) is 14.2. The minimum Gasteiger partial charge on any atom is -0.308 e. The fourth-order valence-electron chi connectivity index (χ4n) is 10.1. The zero-order valence-corrected chi connectivity index (χ0v) is 40.3. The highest BCUT2D eigenvalue weighted by atomic mass is 15.0. The largest absolute Gasteiger partial charge is 0.308 e. The van der Waals surface area contributed by atoms with Gasteiger partial charge in [0.15, 0.2) is 5.82 Å². The molecule has 0 aliphatic carbocycles. The molecule has 0 aliphatic heterocycles. The summed E-state index contributed by atoms with van der Waals surface area (Å²) in [5, 5.41) is 84.6. The highest BCUT2D eigenvalue weighted by molar-refractivity contribution is 6.13. The molecule has 0 atom stereocenters. The van der Waals surface area contributed by atoms with Gasteiger partial charge >= 0.3 is 0 Å². The molecule has 0 saturated heterocycles. The minimum atomic E-state index is 0.122. The second kappa shape index (κ2) is 19.8. The summed E-state index contributed by atoms with van der Waals surface area (Å²) >= 11 is 0. The molecular formula is C66H31N11. The first kappa shape index (κ1) is 47.1. The summed E-state index contributed by atoms with van der Waals surface area (Å²) in [4.78, 5) is 10.3. The molecule has 77 heavy (non-hydrogen) atoms. The van der Waals surface area contributed by atoms with E-state index in [2.05, 4.69) is 41.0 Å². The van der Waals surface area contributed by atoms with Crippen LogP contribution in [-0.2, 0) is 0 Å². The van der Waals surface area contributed by atoms with Crippen molar-refractivity contribution in [2.75, 3.05) is 0 Å². The van der Waals surface area contributed by atoms with Crippen molar-refractivity contribution in [3.8, 4) is 133 Å². The van der Waals surface area contributed by atoms with E-state index in [0.29, 0.717) is 106 Å². The molecule has 11 rings (SSSR count). The summed E-state index contributed by atoms with van der Waals surface area (Å²) in [7, 11) is 0. The summed E-state index contributed by atoms with van der Waals surface area (Å²) < 4.78 is 2.06. The second-order valence-electron chi connectivity index (χ2n) is 17.8. The highest BCUT2D eigenvalue weighted by Gasteiger charge is 2.27. The highest BCUT2D eigenvalue weighted by Crippen LogP contribution is 2.47. The average molecular weight is 978 g/mol. The van der Waals surface area contributed by atoms with Crippen molar-refractivity contribution in [1.29, 1.82) is 42.1 Å². The van der Waals surface area contributed by atoms with Crippen LogP contribution in [0.15, 0.2) is 188 Å². The van der Waals surface area contributed by atoms with Crippen LogP contribution in [0.5, 0.6) is 0 Å². The standard InChI is InChI=1S/C66H31N11/c67-32-40-23-49(36-71)63(50(24-40)37-72)44-19-21-61-55(27-44)56-28-45(64-51(38-73)25-41(33-68)26-52(64)39-74)20-22-62(56)77(61)65-57(53-17-9-7-15-46(53)34-69)29-48(30-58(65)54-18-10-8-16-47(54)35-70)60-31-59(42-11-3-1-4-12-42)75-66(76-60)43-13-5-2-6-14-43/h1-31H. The Labute approximate surface area is 441 Å². The Kier molecular flexibility index (Phi) is 12.1. The fourth-order valence-corrected chi connectivity index (χ4v) is 10.1. The van der Waals surface area contributed by atoms with Crippen molar-refractivity contribution in [2.45, 2.75) is 0 Å². The van der Waals surface area contributed by atoms with E-state index in [-0.39, 0.29) is 33.4 Å². The van der Waals surface area contributed by atoms with Gasteiger partial charge in [-0.3, -0.25) is 0 Å². The summed E-state index contributed by atoms with van der Waals surface area (Å²) in [6, 6.07) is 74.6. The average Bonchev–Trinajstić information content (AvgIpc) is 3.87. The molecule has 0 saturated carbocycles. The number of hydrogen-bond donors (Lipinski definition) is 0. The molecule has 0 fully saturated rings. The van der Waals surface area contributed by atoms with E-state index in [0.717, 1.165) is 11.1 Å². The molecule has 0 radical (unpaired) electrons. The van der Waals surface area contributed by atoms with Crippen LogP contribution in [-0.4, -0.2) is 14.5 Å². The maximum Gasteiger partial charge on any atom is 0.160 e. The van der Waals surface area contributed by atoms with Crippen LogP contribution in [0.3, 0.4) is 0 Å². The van der Waals surface area contributed by atoms with Crippen molar-refractivity contribution in [2.24, 2.45) is 0 Å². The van der Waals surface area contributed by atoms with E-state index in [9.17, 15) is 42.1 Å². The molecule has 11 heteroatoms. The smallest absolute Gasteiger partial charge is 0.160 e. The third-order valence-corrected chi connectivity index (χ3v) is 13.5. The van der Waals surface area contributed by atoms with E-state index in [1.54, 1.807) is 36.4 Å². The zero-order valence-electron chi connectivity index (χ0n) is 40.3. The van der Waals surface area contributed by atoms with Gasteiger partial charge in [0.05, 0.1) is 121 Å². The first-order valence-electron chi connectivity index (χ1n) is 23.8. The molecule has 2 heterocycles. The maximum absolute atomic E-state index is 10.9. The lowest BCUT2D eigenvalue weighted by Crippen LogP contribution is -2.04. The molecule has 0 unspecified atom stereocenters.